The van der Waals surface area contributed by atoms with Crippen LogP contribution in [0.15, 0.2) is 16.5 Å². The van der Waals surface area contributed by atoms with Gasteiger partial charge in [-0.3, -0.25) is 0 Å². The molecular formula is C12H19NO2. The predicted molar refractivity (Wildman–Crippen MR) is 58.8 cm³/mol. The van der Waals surface area contributed by atoms with E-state index >= 15 is 0 Å². The number of hydrogen-bond donors (Lipinski definition) is 1. The zero-order valence-electron chi connectivity index (χ0n) is 9.67. The van der Waals surface area contributed by atoms with Crippen molar-refractivity contribution in [2.24, 2.45) is 11.1 Å². The molecule has 1 aromatic heterocycles. The van der Waals surface area contributed by atoms with Crippen molar-refractivity contribution in [1.29, 1.82) is 0 Å². The van der Waals surface area contributed by atoms with Gasteiger partial charge in [-0.05, 0) is 31.0 Å². The fraction of sp³-hybridized carbons (Fsp3) is 0.667. The van der Waals surface area contributed by atoms with Gasteiger partial charge in [0.05, 0.1) is 18.6 Å². The Balaban J connectivity index is 2.38. The van der Waals surface area contributed by atoms with Gasteiger partial charge in [-0.25, -0.2) is 0 Å². The van der Waals surface area contributed by atoms with Gasteiger partial charge in [0, 0.05) is 0 Å². The third kappa shape index (κ3) is 1.42. The van der Waals surface area contributed by atoms with Gasteiger partial charge >= 0.3 is 0 Å². The molecule has 0 atom stereocenters. The van der Waals surface area contributed by atoms with Crippen molar-refractivity contribution in [1.82, 2.24) is 0 Å². The number of nitrogens with two attached hydrogens (primary N) is 1. The summed E-state index contributed by atoms with van der Waals surface area (Å²) in [6.45, 7) is 8.37. The van der Waals surface area contributed by atoms with Crippen LogP contribution in [-0.2, 0) is 10.2 Å². The van der Waals surface area contributed by atoms with E-state index in [2.05, 4.69) is 19.9 Å². The van der Waals surface area contributed by atoms with Crippen LogP contribution in [0.2, 0.25) is 0 Å². The largest absolute Gasteiger partial charge is 0.466 e. The molecular weight excluding hydrogens is 190 g/mol. The van der Waals surface area contributed by atoms with Crippen LogP contribution in [0, 0.1) is 12.3 Å². The minimum absolute atomic E-state index is 0.00947. The van der Waals surface area contributed by atoms with Crippen LogP contribution in [0.25, 0.3) is 0 Å². The Hall–Kier alpha value is -0.800. The summed E-state index contributed by atoms with van der Waals surface area (Å²) in [6.07, 6.45) is 0. The molecule has 0 radical (unpaired) electrons. The Morgan fingerprint density at radius 1 is 1.40 bits per heavy atom. The quantitative estimate of drug-likeness (QED) is 0.826. The topological polar surface area (TPSA) is 48.4 Å². The SMILES string of the molecule is Cc1ccc(C2(C(C)(C)CN)COC2)o1. The van der Waals surface area contributed by atoms with Crippen LogP contribution in [0.1, 0.15) is 25.4 Å². The maximum atomic E-state index is 5.85. The number of rotatable bonds is 3. The predicted octanol–water partition coefficient (Wildman–Crippen LogP) is 1.84. The van der Waals surface area contributed by atoms with Crippen molar-refractivity contribution in [2.75, 3.05) is 19.8 Å². The van der Waals surface area contributed by atoms with Gasteiger partial charge in [0.1, 0.15) is 11.5 Å². The van der Waals surface area contributed by atoms with E-state index in [-0.39, 0.29) is 10.8 Å². The first-order chi connectivity index (χ1) is 7.02. The average Bonchev–Trinajstić information content (AvgIpc) is 2.50. The van der Waals surface area contributed by atoms with E-state index < -0.39 is 0 Å². The van der Waals surface area contributed by atoms with E-state index in [0.717, 1.165) is 11.5 Å². The van der Waals surface area contributed by atoms with Gasteiger partial charge in [-0.1, -0.05) is 13.8 Å². The molecule has 0 bridgehead atoms. The van der Waals surface area contributed by atoms with Crippen molar-refractivity contribution in [3.8, 4) is 0 Å². The summed E-state index contributed by atoms with van der Waals surface area (Å²) < 4.78 is 11.1. The summed E-state index contributed by atoms with van der Waals surface area (Å²) in [5.74, 6) is 1.96. The molecule has 0 spiro atoms. The summed E-state index contributed by atoms with van der Waals surface area (Å²) in [7, 11) is 0. The van der Waals surface area contributed by atoms with Crippen LogP contribution in [0.4, 0.5) is 0 Å². The molecule has 3 nitrogen and oxygen atoms in total. The second kappa shape index (κ2) is 3.35. The van der Waals surface area contributed by atoms with Gasteiger partial charge in [0.15, 0.2) is 0 Å². The second-order valence-electron chi connectivity index (χ2n) is 5.07. The standard InChI is InChI=1S/C12H19NO2/c1-9-4-5-10(15-9)12(7-14-8-12)11(2,3)6-13/h4-5H,6-8,13H2,1-3H3. The molecule has 15 heavy (non-hydrogen) atoms. The molecule has 1 saturated heterocycles. The smallest absolute Gasteiger partial charge is 0.115 e. The monoisotopic (exact) mass is 209 g/mol. The minimum atomic E-state index is -0.0317. The molecule has 0 unspecified atom stereocenters. The maximum Gasteiger partial charge on any atom is 0.115 e. The molecule has 1 aromatic rings. The molecule has 2 rings (SSSR count). The second-order valence-corrected chi connectivity index (χ2v) is 5.07. The van der Waals surface area contributed by atoms with E-state index in [1.54, 1.807) is 0 Å². The van der Waals surface area contributed by atoms with Gasteiger partial charge in [-0.2, -0.15) is 0 Å². The third-order valence-corrected chi connectivity index (χ3v) is 3.71. The fourth-order valence-electron chi connectivity index (χ4n) is 2.06. The van der Waals surface area contributed by atoms with Crippen molar-refractivity contribution >= 4 is 0 Å². The number of hydrogen-bond acceptors (Lipinski definition) is 3. The van der Waals surface area contributed by atoms with Crippen LogP contribution in [0.3, 0.4) is 0 Å². The highest BCUT2D eigenvalue weighted by Crippen LogP contribution is 2.47. The zero-order valence-corrected chi connectivity index (χ0v) is 9.67. The molecule has 1 aliphatic rings. The highest BCUT2D eigenvalue weighted by molar-refractivity contribution is 5.24. The van der Waals surface area contributed by atoms with Crippen molar-refractivity contribution in [3.05, 3.63) is 23.7 Å². The summed E-state index contributed by atoms with van der Waals surface area (Å²) in [5, 5.41) is 0. The minimum Gasteiger partial charge on any atom is -0.466 e. The normalized spacial score (nSPS) is 20.0. The van der Waals surface area contributed by atoms with E-state index in [1.165, 1.54) is 0 Å². The highest BCUT2D eigenvalue weighted by atomic mass is 16.5. The highest BCUT2D eigenvalue weighted by Gasteiger charge is 2.53. The first-order valence-corrected chi connectivity index (χ1v) is 5.37. The van der Waals surface area contributed by atoms with E-state index in [9.17, 15) is 0 Å². The summed E-state index contributed by atoms with van der Waals surface area (Å²) >= 11 is 0. The number of aryl methyl sites for hydroxylation is 1. The molecule has 0 amide bonds. The summed E-state index contributed by atoms with van der Waals surface area (Å²) in [6, 6.07) is 4.05. The van der Waals surface area contributed by atoms with Gasteiger partial charge in [0.2, 0.25) is 0 Å². The molecule has 0 saturated carbocycles. The lowest BCUT2D eigenvalue weighted by atomic mass is 9.62. The first kappa shape index (κ1) is 10.7. The van der Waals surface area contributed by atoms with Crippen LogP contribution >= 0.6 is 0 Å². The zero-order chi connectivity index (χ0) is 11.1. The van der Waals surface area contributed by atoms with Crippen LogP contribution in [-0.4, -0.2) is 19.8 Å². The Bertz CT molecular complexity index is 350. The molecule has 1 aliphatic heterocycles. The molecule has 0 aliphatic carbocycles. The van der Waals surface area contributed by atoms with E-state index in [1.807, 2.05) is 13.0 Å². The van der Waals surface area contributed by atoms with Crippen LogP contribution < -0.4 is 5.73 Å². The lowest BCUT2D eigenvalue weighted by Crippen LogP contribution is -2.59. The summed E-state index contributed by atoms with van der Waals surface area (Å²) in [5.41, 5.74) is 5.83. The number of furan rings is 1. The van der Waals surface area contributed by atoms with Gasteiger partial charge < -0.3 is 14.9 Å². The number of ether oxygens (including phenoxy) is 1. The molecule has 1 fully saturated rings. The maximum absolute atomic E-state index is 5.85. The van der Waals surface area contributed by atoms with Crippen molar-refractivity contribution in [2.45, 2.75) is 26.2 Å². The first-order valence-electron chi connectivity index (χ1n) is 5.37. The Kier molecular flexibility index (Phi) is 2.40. The van der Waals surface area contributed by atoms with Crippen LogP contribution in [0.5, 0.6) is 0 Å². The molecule has 2 heterocycles. The Labute approximate surface area is 90.6 Å². The lowest BCUT2D eigenvalue weighted by molar-refractivity contribution is -0.126. The molecule has 84 valence electrons. The van der Waals surface area contributed by atoms with Gasteiger partial charge in [0.25, 0.3) is 0 Å². The molecule has 3 heteroatoms. The van der Waals surface area contributed by atoms with E-state index in [4.69, 9.17) is 14.9 Å². The fourth-order valence-corrected chi connectivity index (χ4v) is 2.06. The van der Waals surface area contributed by atoms with Crippen molar-refractivity contribution in [3.63, 3.8) is 0 Å². The summed E-state index contributed by atoms with van der Waals surface area (Å²) in [4.78, 5) is 0. The van der Waals surface area contributed by atoms with E-state index in [0.29, 0.717) is 19.8 Å². The van der Waals surface area contributed by atoms with Gasteiger partial charge in [-0.15, -0.1) is 0 Å². The lowest BCUT2D eigenvalue weighted by Gasteiger charge is -2.50. The van der Waals surface area contributed by atoms with Crippen molar-refractivity contribution < 1.29 is 9.15 Å². The molecule has 0 aromatic carbocycles. The average molecular weight is 209 g/mol. The Morgan fingerprint density at radius 2 is 2.07 bits per heavy atom. The Morgan fingerprint density at radius 3 is 2.40 bits per heavy atom. The molecule has 2 N–H and O–H groups in total. The third-order valence-electron chi connectivity index (χ3n) is 3.71.